The molecule has 4 nitrogen and oxygen atoms in total. The van der Waals surface area contributed by atoms with Crippen molar-refractivity contribution in [1.29, 1.82) is 0 Å². The van der Waals surface area contributed by atoms with Crippen LogP contribution < -0.4 is 0 Å². The molecule has 0 heterocycles. The lowest BCUT2D eigenvalue weighted by atomic mass is 10.1. The fourth-order valence-corrected chi connectivity index (χ4v) is 4.16. The molecule has 0 aliphatic heterocycles. The minimum absolute atomic E-state index is 0.0242. The zero-order valence-corrected chi connectivity index (χ0v) is 13.8. The Kier molecular flexibility index (Phi) is 4.26. The smallest absolute Gasteiger partial charge is 0.254 e. The van der Waals surface area contributed by atoms with E-state index in [2.05, 4.69) is 4.90 Å². The second-order valence-electron chi connectivity index (χ2n) is 6.65. The summed E-state index contributed by atoms with van der Waals surface area (Å²) in [5, 5.41) is 0. The molecule has 0 radical (unpaired) electrons. The number of carbonyl (C=O) groups is 1. The Hall–Kier alpha value is -1.36. The number of nitrogens with zero attached hydrogens (tertiary/aromatic N) is 1. The molecule has 1 amide bonds. The second-order valence-corrected chi connectivity index (χ2v) is 8.79. The van der Waals surface area contributed by atoms with Gasteiger partial charge in [-0.05, 0) is 43.4 Å². The third-order valence-corrected chi connectivity index (χ3v) is 5.38. The Morgan fingerprint density at radius 2 is 1.59 bits per heavy atom. The Morgan fingerprint density at radius 1 is 1.05 bits per heavy atom. The highest BCUT2D eigenvalue weighted by Crippen LogP contribution is 2.35. The van der Waals surface area contributed by atoms with Crippen molar-refractivity contribution in [2.75, 3.05) is 6.26 Å². The van der Waals surface area contributed by atoms with E-state index < -0.39 is 9.84 Å². The lowest BCUT2D eigenvalue weighted by Gasteiger charge is -2.29. The third kappa shape index (κ3) is 3.69. The quantitative estimate of drug-likeness (QED) is 0.838. The molecule has 0 N–H and O–H groups in total. The normalized spacial score (nSPS) is 19.3. The number of hydrogen-bond acceptors (Lipinski definition) is 3. The molecule has 2 aliphatic carbocycles. The number of amides is 1. The maximum absolute atomic E-state index is 12.8. The van der Waals surface area contributed by atoms with Gasteiger partial charge < -0.3 is 4.90 Å². The highest BCUT2D eigenvalue weighted by molar-refractivity contribution is 7.89. The van der Waals surface area contributed by atoms with Crippen LogP contribution in [0.25, 0.3) is 0 Å². The second kappa shape index (κ2) is 6.03. The highest BCUT2D eigenvalue weighted by atomic mass is 32.2. The molecule has 2 fully saturated rings. The highest BCUT2D eigenvalue weighted by Gasteiger charge is 2.38. The fourth-order valence-electron chi connectivity index (χ4n) is 3.36. The van der Waals surface area contributed by atoms with E-state index in [4.69, 9.17) is 0 Å². The van der Waals surface area contributed by atoms with Gasteiger partial charge in [0.15, 0.2) is 9.84 Å². The zero-order chi connectivity index (χ0) is 15.7. The molecule has 0 bridgehead atoms. The average molecular weight is 321 g/mol. The molecule has 3 rings (SSSR count). The number of hydrogen-bond donors (Lipinski definition) is 0. The van der Waals surface area contributed by atoms with E-state index in [1.807, 2.05) is 0 Å². The number of carbonyl (C=O) groups excluding carboxylic acids is 1. The molecule has 22 heavy (non-hydrogen) atoms. The summed E-state index contributed by atoms with van der Waals surface area (Å²) in [6.07, 6.45) is 8.13. The summed E-state index contributed by atoms with van der Waals surface area (Å²) >= 11 is 0. The average Bonchev–Trinajstić information content (AvgIpc) is 3.12. The first-order valence-electron chi connectivity index (χ1n) is 8.03. The molecule has 5 heteroatoms. The van der Waals surface area contributed by atoms with Crippen LogP contribution >= 0.6 is 0 Å². The summed E-state index contributed by atoms with van der Waals surface area (Å²) in [5.74, 6) is 0.136. The molecule has 2 saturated carbocycles. The van der Waals surface area contributed by atoms with Gasteiger partial charge in [0.1, 0.15) is 0 Å². The van der Waals surface area contributed by atoms with Gasteiger partial charge in [0, 0.05) is 23.9 Å². The van der Waals surface area contributed by atoms with E-state index in [1.54, 1.807) is 24.3 Å². The van der Waals surface area contributed by atoms with Crippen molar-refractivity contribution in [2.45, 2.75) is 56.4 Å². The minimum Gasteiger partial charge on any atom is -0.333 e. The van der Waals surface area contributed by atoms with Crippen LogP contribution in [0.15, 0.2) is 24.3 Å². The molecule has 0 spiro atoms. The minimum atomic E-state index is -3.04. The Balaban J connectivity index is 1.75. The molecule has 0 atom stereocenters. The van der Waals surface area contributed by atoms with Gasteiger partial charge in [-0.25, -0.2) is 8.42 Å². The van der Waals surface area contributed by atoms with Gasteiger partial charge >= 0.3 is 0 Å². The van der Waals surface area contributed by atoms with Crippen LogP contribution in [0.3, 0.4) is 0 Å². The van der Waals surface area contributed by atoms with Gasteiger partial charge in [0.2, 0.25) is 0 Å². The number of sulfone groups is 1. The Morgan fingerprint density at radius 3 is 2.09 bits per heavy atom. The summed E-state index contributed by atoms with van der Waals surface area (Å²) in [5.41, 5.74) is 1.41. The zero-order valence-electron chi connectivity index (χ0n) is 13.0. The molecular weight excluding hydrogens is 298 g/mol. The summed E-state index contributed by atoms with van der Waals surface area (Å²) in [6, 6.07) is 7.88. The van der Waals surface area contributed by atoms with E-state index >= 15 is 0 Å². The van der Waals surface area contributed by atoms with Crippen molar-refractivity contribution in [2.24, 2.45) is 0 Å². The van der Waals surface area contributed by atoms with Crippen LogP contribution in [0, 0.1) is 0 Å². The largest absolute Gasteiger partial charge is 0.333 e. The van der Waals surface area contributed by atoms with Crippen molar-refractivity contribution in [1.82, 2.24) is 4.90 Å². The molecular formula is C17H23NO3S. The van der Waals surface area contributed by atoms with Gasteiger partial charge in [0.25, 0.3) is 5.91 Å². The molecule has 1 aromatic carbocycles. The summed E-state index contributed by atoms with van der Waals surface area (Å²) in [7, 11) is -3.04. The first-order valence-corrected chi connectivity index (χ1v) is 10.1. The number of rotatable bonds is 5. The molecule has 2 aliphatic rings. The predicted molar refractivity (Wildman–Crippen MR) is 86.4 cm³/mol. The van der Waals surface area contributed by atoms with Crippen molar-refractivity contribution >= 4 is 15.7 Å². The summed E-state index contributed by atoms with van der Waals surface area (Å²) in [4.78, 5) is 14.9. The fraction of sp³-hybridized carbons (Fsp3) is 0.588. The lowest BCUT2D eigenvalue weighted by Crippen LogP contribution is -2.40. The maximum Gasteiger partial charge on any atom is 0.254 e. The SMILES string of the molecule is CS(=O)(=O)Cc1ccc(C(=O)N(C2CCCC2)C2CC2)cc1. The first-order chi connectivity index (χ1) is 10.4. The van der Waals surface area contributed by atoms with Gasteiger partial charge in [-0.1, -0.05) is 25.0 Å². The van der Waals surface area contributed by atoms with Gasteiger partial charge in [0.05, 0.1) is 5.75 Å². The van der Waals surface area contributed by atoms with Crippen LogP contribution in [0.5, 0.6) is 0 Å². The summed E-state index contributed by atoms with van der Waals surface area (Å²) < 4.78 is 22.6. The predicted octanol–water partition coefficient (Wildman–Crippen LogP) is 2.78. The maximum atomic E-state index is 12.8. The molecule has 120 valence electrons. The van der Waals surface area contributed by atoms with Crippen molar-refractivity contribution in [3.05, 3.63) is 35.4 Å². The van der Waals surface area contributed by atoms with E-state index in [1.165, 1.54) is 19.1 Å². The topological polar surface area (TPSA) is 54.5 Å². The number of benzene rings is 1. The molecule has 1 aromatic rings. The van der Waals surface area contributed by atoms with Crippen LogP contribution in [0.4, 0.5) is 0 Å². The van der Waals surface area contributed by atoms with Crippen LogP contribution in [-0.2, 0) is 15.6 Å². The van der Waals surface area contributed by atoms with Gasteiger partial charge in [-0.15, -0.1) is 0 Å². The molecule has 0 unspecified atom stereocenters. The van der Waals surface area contributed by atoms with Crippen LogP contribution in [0.2, 0.25) is 0 Å². The Bertz CT molecular complexity index is 641. The van der Waals surface area contributed by atoms with E-state index in [0.29, 0.717) is 17.6 Å². The standard InChI is InChI=1S/C17H23NO3S/c1-22(20,21)12-13-6-8-14(9-7-13)17(19)18(16-10-11-16)15-4-2-3-5-15/h6-9,15-16H,2-5,10-12H2,1H3. The van der Waals surface area contributed by atoms with Gasteiger partial charge in [-0.3, -0.25) is 4.79 Å². The summed E-state index contributed by atoms with van der Waals surface area (Å²) in [6.45, 7) is 0. The monoisotopic (exact) mass is 321 g/mol. The van der Waals surface area contributed by atoms with Gasteiger partial charge in [-0.2, -0.15) is 0 Å². The first kappa shape index (κ1) is 15.5. The molecule has 0 aromatic heterocycles. The lowest BCUT2D eigenvalue weighted by molar-refractivity contribution is 0.0664. The van der Waals surface area contributed by atoms with Crippen molar-refractivity contribution < 1.29 is 13.2 Å². The third-order valence-electron chi connectivity index (χ3n) is 4.52. The van der Waals surface area contributed by atoms with Crippen molar-refractivity contribution in [3.8, 4) is 0 Å². The van der Waals surface area contributed by atoms with E-state index in [0.717, 1.165) is 31.2 Å². The van der Waals surface area contributed by atoms with E-state index in [9.17, 15) is 13.2 Å². The van der Waals surface area contributed by atoms with Crippen LogP contribution in [-0.4, -0.2) is 37.6 Å². The van der Waals surface area contributed by atoms with Crippen LogP contribution in [0.1, 0.15) is 54.4 Å². The molecule has 0 saturated heterocycles. The van der Waals surface area contributed by atoms with Crippen molar-refractivity contribution in [3.63, 3.8) is 0 Å². The Labute approximate surface area is 132 Å². The van der Waals surface area contributed by atoms with E-state index in [-0.39, 0.29) is 11.7 Å².